The molecular weight excluding hydrogens is 193 g/mol. The average molecular weight is 200 g/mol. The highest BCUT2D eigenvalue weighted by Crippen LogP contribution is 1.91. The first-order valence-electron chi connectivity index (χ1n) is 2.21. The van der Waals surface area contributed by atoms with Crippen LogP contribution in [0.15, 0.2) is 4.51 Å². The second-order valence-electron chi connectivity index (χ2n) is 1.04. The molecule has 0 fully saturated rings. The van der Waals surface area contributed by atoms with Crippen LogP contribution < -0.4 is 0 Å². The Labute approximate surface area is 62.1 Å². The van der Waals surface area contributed by atoms with Crippen LogP contribution in [0.4, 0.5) is 0 Å². The maximum atomic E-state index is 5.08. The molecule has 48 valence electrons. The zero-order chi connectivity index (χ0) is 6.41. The summed E-state index contributed by atoms with van der Waals surface area (Å²) in [6.45, 7) is 2.49. The monoisotopic (exact) mass is 199 g/mol. The van der Waals surface area contributed by atoms with Gasteiger partial charge in [-0.15, -0.1) is 4.51 Å². The van der Waals surface area contributed by atoms with E-state index in [4.69, 9.17) is 16.5 Å². The Morgan fingerprint density at radius 1 is 1.88 bits per heavy atom. The van der Waals surface area contributed by atoms with Gasteiger partial charge >= 0.3 is 0 Å². The van der Waals surface area contributed by atoms with Crippen LogP contribution in [-0.2, 0) is 4.74 Å². The minimum absolute atomic E-state index is 0.522. The van der Waals surface area contributed by atoms with Crippen molar-refractivity contribution in [2.24, 2.45) is 4.51 Å². The van der Waals surface area contributed by atoms with Gasteiger partial charge in [0.15, 0.2) is 0 Å². The van der Waals surface area contributed by atoms with E-state index >= 15 is 0 Å². The molecule has 0 aliphatic carbocycles. The number of hydrogen-bond donors (Lipinski definition) is 0. The van der Waals surface area contributed by atoms with E-state index in [1.165, 1.54) is 0 Å². The highest BCUT2D eigenvalue weighted by atomic mass is 79.9. The minimum Gasteiger partial charge on any atom is -0.480 e. The van der Waals surface area contributed by atoms with Gasteiger partial charge in [-0.25, -0.2) is 0 Å². The molecule has 0 heterocycles. The quantitative estimate of drug-likeness (QED) is 0.379. The van der Waals surface area contributed by atoms with Gasteiger partial charge in [-0.3, -0.25) is 0 Å². The zero-order valence-electron chi connectivity index (χ0n) is 4.53. The molecule has 0 aliphatic rings. The van der Waals surface area contributed by atoms with Crippen molar-refractivity contribution in [1.29, 1.82) is 0 Å². The largest absolute Gasteiger partial charge is 0.480 e. The Hall–Kier alpha value is 0.240. The molecule has 8 heavy (non-hydrogen) atoms. The SMILES string of the molecule is CCOC(CBr)=NCl. The van der Waals surface area contributed by atoms with Crippen molar-refractivity contribution in [2.45, 2.75) is 6.92 Å². The Bertz CT molecular complexity index is 86.1. The summed E-state index contributed by atoms with van der Waals surface area (Å²) < 4.78 is 8.23. The topological polar surface area (TPSA) is 21.6 Å². The lowest BCUT2D eigenvalue weighted by Crippen LogP contribution is -2.03. The highest BCUT2D eigenvalue weighted by molar-refractivity contribution is 9.09. The molecule has 0 rings (SSSR count). The van der Waals surface area contributed by atoms with E-state index in [1.54, 1.807) is 0 Å². The fourth-order valence-corrected chi connectivity index (χ4v) is 0.792. The molecule has 0 aliphatic heterocycles. The molecule has 0 aromatic heterocycles. The van der Waals surface area contributed by atoms with Gasteiger partial charge in [-0.05, 0) is 6.92 Å². The molecule has 0 aromatic carbocycles. The molecular formula is C4H7BrClNO. The Kier molecular flexibility index (Phi) is 5.54. The number of rotatable bonds is 2. The number of nitrogens with zero attached hydrogens (tertiary/aromatic N) is 1. The van der Waals surface area contributed by atoms with Crippen molar-refractivity contribution < 1.29 is 4.74 Å². The van der Waals surface area contributed by atoms with Gasteiger partial charge in [0.1, 0.15) is 0 Å². The second kappa shape index (κ2) is 5.38. The number of alkyl halides is 1. The lowest BCUT2D eigenvalue weighted by atomic mass is 10.7. The average Bonchev–Trinajstić information content (AvgIpc) is 1.83. The number of ether oxygens (including phenoxy) is 1. The van der Waals surface area contributed by atoms with E-state index in [0.717, 1.165) is 0 Å². The molecule has 0 saturated heterocycles. The van der Waals surface area contributed by atoms with Gasteiger partial charge in [0.25, 0.3) is 0 Å². The lowest BCUT2D eigenvalue weighted by Gasteiger charge is -1.98. The predicted molar refractivity (Wildman–Crippen MR) is 38.7 cm³/mol. The molecule has 0 bridgehead atoms. The molecule has 0 N–H and O–H groups in total. The van der Waals surface area contributed by atoms with Gasteiger partial charge in [-0.1, -0.05) is 15.9 Å². The summed E-state index contributed by atoms with van der Waals surface area (Å²) in [5, 5.41) is 0.574. The minimum atomic E-state index is 0.522. The van der Waals surface area contributed by atoms with Crippen molar-refractivity contribution in [3.63, 3.8) is 0 Å². The molecule has 0 saturated carbocycles. The Balaban J connectivity index is 3.38. The number of halogens is 2. The van der Waals surface area contributed by atoms with Crippen LogP contribution in [0.3, 0.4) is 0 Å². The molecule has 0 unspecified atom stereocenters. The molecule has 0 spiro atoms. The van der Waals surface area contributed by atoms with Crippen molar-refractivity contribution in [2.75, 3.05) is 11.9 Å². The van der Waals surface area contributed by atoms with Crippen LogP contribution in [0, 0.1) is 0 Å². The smallest absolute Gasteiger partial charge is 0.211 e. The second-order valence-corrected chi connectivity index (χ2v) is 1.77. The summed E-state index contributed by atoms with van der Waals surface area (Å²) in [7, 11) is 0. The van der Waals surface area contributed by atoms with E-state index < -0.39 is 0 Å². The third-order valence-electron chi connectivity index (χ3n) is 0.520. The molecule has 0 amide bonds. The van der Waals surface area contributed by atoms with E-state index in [-0.39, 0.29) is 0 Å². The standard InChI is InChI=1S/C4H7BrClNO/c1-2-8-4(3-5)7-6/h2-3H2,1H3. The molecule has 4 heteroatoms. The van der Waals surface area contributed by atoms with E-state index in [1.807, 2.05) is 6.92 Å². The summed E-state index contributed by atoms with van der Waals surface area (Å²) in [6, 6.07) is 0. The molecule has 2 nitrogen and oxygen atoms in total. The third kappa shape index (κ3) is 3.27. The van der Waals surface area contributed by atoms with Gasteiger partial charge in [0.2, 0.25) is 5.90 Å². The Morgan fingerprint density at radius 2 is 2.50 bits per heavy atom. The zero-order valence-corrected chi connectivity index (χ0v) is 6.87. The van der Waals surface area contributed by atoms with Crippen LogP contribution in [-0.4, -0.2) is 17.8 Å². The van der Waals surface area contributed by atoms with E-state index in [0.29, 0.717) is 17.8 Å². The fourth-order valence-electron chi connectivity index (χ4n) is 0.252. The van der Waals surface area contributed by atoms with Crippen LogP contribution in [0.2, 0.25) is 0 Å². The summed E-state index contributed by atoms with van der Waals surface area (Å²) in [5.74, 6) is 0.522. The number of hydrogen-bond acceptors (Lipinski definition) is 2. The van der Waals surface area contributed by atoms with Crippen molar-refractivity contribution in [1.82, 2.24) is 0 Å². The van der Waals surface area contributed by atoms with Gasteiger partial charge in [0.05, 0.1) is 11.9 Å². The first kappa shape index (κ1) is 8.24. The highest BCUT2D eigenvalue weighted by Gasteiger charge is 1.91. The predicted octanol–water partition coefficient (Wildman–Crippen LogP) is 1.97. The summed E-state index contributed by atoms with van der Waals surface area (Å²) in [6.07, 6.45) is 0. The fraction of sp³-hybridized carbons (Fsp3) is 0.750. The van der Waals surface area contributed by atoms with Crippen LogP contribution in [0.5, 0.6) is 0 Å². The van der Waals surface area contributed by atoms with Crippen molar-refractivity contribution in [3.05, 3.63) is 0 Å². The Morgan fingerprint density at radius 3 is 2.62 bits per heavy atom. The first-order chi connectivity index (χ1) is 3.85. The van der Waals surface area contributed by atoms with Gasteiger partial charge < -0.3 is 4.74 Å². The van der Waals surface area contributed by atoms with Gasteiger partial charge in [0, 0.05) is 11.8 Å². The van der Waals surface area contributed by atoms with Crippen LogP contribution >= 0.6 is 27.7 Å². The summed E-state index contributed by atoms with van der Waals surface area (Å²) in [4.78, 5) is 0. The summed E-state index contributed by atoms with van der Waals surface area (Å²) >= 11 is 8.22. The lowest BCUT2D eigenvalue weighted by molar-refractivity contribution is 0.327. The summed E-state index contributed by atoms with van der Waals surface area (Å²) in [5.41, 5.74) is 0. The normalized spacial score (nSPS) is 11.6. The van der Waals surface area contributed by atoms with Crippen LogP contribution in [0.25, 0.3) is 0 Å². The van der Waals surface area contributed by atoms with E-state index in [9.17, 15) is 0 Å². The first-order valence-corrected chi connectivity index (χ1v) is 3.67. The van der Waals surface area contributed by atoms with Gasteiger partial charge in [-0.2, -0.15) is 0 Å². The maximum absolute atomic E-state index is 5.08. The molecule has 0 radical (unpaired) electrons. The molecule has 0 atom stereocenters. The van der Waals surface area contributed by atoms with Crippen molar-refractivity contribution in [3.8, 4) is 0 Å². The maximum Gasteiger partial charge on any atom is 0.211 e. The van der Waals surface area contributed by atoms with E-state index in [2.05, 4.69) is 20.4 Å². The van der Waals surface area contributed by atoms with Crippen LogP contribution in [0.1, 0.15) is 6.92 Å². The third-order valence-corrected chi connectivity index (χ3v) is 1.19. The molecule has 0 aromatic rings. The van der Waals surface area contributed by atoms with Crippen molar-refractivity contribution >= 4 is 33.6 Å².